The van der Waals surface area contributed by atoms with Crippen LogP contribution in [0.4, 0.5) is 5.69 Å². The molecule has 0 unspecified atom stereocenters. The number of ketones is 1. The van der Waals surface area contributed by atoms with E-state index in [1.807, 2.05) is 48.5 Å². The molecular formula is C23H27N3O4. The molecule has 0 atom stereocenters. The number of carbonyl (C=O) groups excluding carboxylic acids is 1. The van der Waals surface area contributed by atoms with Gasteiger partial charge in [-0.1, -0.05) is 35.5 Å². The first-order chi connectivity index (χ1) is 14.3. The third-order valence-electron chi connectivity index (χ3n) is 4.44. The Labute approximate surface area is 176 Å². The van der Waals surface area contributed by atoms with Crippen LogP contribution in [-0.2, 0) is 27.4 Å². The second kappa shape index (κ2) is 10.8. The van der Waals surface area contributed by atoms with Gasteiger partial charge in [-0.25, -0.2) is 0 Å². The van der Waals surface area contributed by atoms with Crippen molar-refractivity contribution in [3.8, 4) is 0 Å². The van der Waals surface area contributed by atoms with Crippen molar-refractivity contribution in [2.24, 2.45) is 10.9 Å². The average molecular weight is 409 g/mol. The first kappa shape index (κ1) is 22.7. The number of hydrogen-bond acceptors (Lipinski definition) is 6. The SMILES string of the molecule is CO/N=C(/C(C(C)=O)=C(C)N)c1cccc(CNc2ccc(CCC(=O)O)cc2)c1. The first-order valence-corrected chi connectivity index (χ1v) is 9.54. The quantitative estimate of drug-likeness (QED) is 0.314. The van der Waals surface area contributed by atoms with Gasteiger partial charge in [0, 0.05) is 29.9 Å². The molecule has 30 heavy (non-hydrogen) atoms. The van der Waals surface area contributed by atoms with Crippen LogP contribution in [0.15, 0.2) is 65.0 Å². The summed E-state index contributed by atoms with van der Waals surface area (Å²) in [7, 11) is 1.43. The number of nitrogens with two attached hydrogens (primary N) is 1. The van der Waals surface area contributed by atoms with Crippen molar-refractivity contribution in [1.82, 2.24) is 0 Å². The number of aryl methyl sites for hydroxylation is 1. The number of allylic oxidation sites excluding steroid dienone is 2. The summed E-state index contributed by atoms with van der Waals surface area (Å²) in [4.78, 5) is 27.7. The van der Waals surface area contributed by atoms with Crippen molar-refractivity contribution in [1.29, 1.82) is 0 Å². The number of benzene rings is 2. The molecule has 0 aromatic heterocycles. The zero-order valence-electron chi connectivity index (χ0n) is 17.4. The highest BCUT2D eigenvalue weighted by Gasteiger charge is 2.18. The Balaban J connectivity index is 2.15. The zero-order valence-corrected chi connectivity index (χ0v) is 17.4. The van der Waals surface area contributed by atoms with E-state index in [2.05, 4.69) is 10.5 Å². The lowest BCUT2D eigenvalue weighted by Crippen LogP contribution is -2.17. The number of carboxylic acids is 1. The first-order valence-electron chi connectivity index (χ1n) is 9.54. The van der Waals surface area contributed by atoms with Crippen LogP contribution in [0, 0.1) is 0 Å². The monoisotopic (exact) mass is 409 g/mol. The Morgan fingerprint density at radius 1 is 1.10 bits per heavy atom. The molecule has 0 fully saturated rings. The van der Waals surface area contributed by atoms with E-state index in [0.29, 0.717) is 29.9 Å². The second-order valence-electron chi connectivity index (χ2n) is 6.88. The molecular weight excluding hydrogens is 382 g/mol. The number of rotatable bonds is 10. The lowest BCUT2D eigenvalue weighted by Gasteiger charge is -2.12. The van der Waals surface area contributed by atoms with Gasteiger partial charge in [-0.05, 0) is 49.6 Å². The van der Waals surface area contributed by atoms with Gasteiger partial charge in [-0.2, -0.15) is 0 Å². The summed E-state index contributed by atoms with van der Waals surface area (Å²) in [6.45, 7) is 3.67. The van der Waals surface area contributed by atoms with E-state index < -0.39 is 5.97 Å². The van der Waals surface area contributed by atoms with Crippen LogP contribution in [0.3, 0.4) is 0 Å². The van der Waals surface area contributed by atoms with Gasteiger partial charge in [0.15, 0.2) is 5.78 Å². The lowest BCUT2D eigenvalue weighted by molar-refractivity contribution is -0.137. The third-order valence-corrected chi connectivity index (χ3v) is 4.44. The number of nitrogens with zero attached hydrogens (tertiary/aromatic N) is 1. The van der Waals surface area contributed by atoms with Crippen LogP contribution in [0.5, 0.6) is 0 Å². The lowest BCUT2D eigenvalue weighted by atomic mass is 9.96. The maximum atomic E-state index is 12.1. The van der Waals surface area contributed by atoms with E-state index >= 15 is 0 Å². The highest BCUT2D eigenvalue weighted by molar-refractivity contribution is 6.28. The Bertz CT molecular complexity index is 959. The van der Waals surface area contributed by atoms with E-state index in [-0.39, 0.29) is 12.2 Å². The van der Waals surface area contributed by atoms with Crippen molar-refractivity contribution >= 4 is 23.2 Å². The Kier molecular flexibility index (Phi) is 8.17. The Morgan fingerprint density at radius 3 is 2.37 bits per heavy atom. The normalized spacial score (nSPS) is 12.2. The second-order valence-corrected chi connectivity index (χ2v) is 6.88. The zero-order chi connectivity index (χ0) is 22.1. The number of carboxylic acid groups (broad SMARTS) is 1. The van der Waals surface area contributed by atoms with E-state index in [4.69, 9.17) is 15.7 Å². The molecule has 0 saturated carbocycles. The van der Waals surface area contributed by atoms with Gasteiger partial charge in [0.05, 0.1) is 5.57 Å². The predicted octanol–water partition coefficient (Wildman–Crippen LogP) is 3.49. The van der Waals surface area contributed by atoms with Gasteiger partial charge < -0.3 is 21.0 Å². The molecule has 0 amide bonds. The predicted molar refractivity (Wildman–Crippen MR) is 117 cm³/mol. The van der Waals surface area contributed by atoms with E-state index in [1.54, 1.807) is 6.92 Å². The van der Waals surface area contributed by atoms with Crippen LogP contribution in [0.1, 0.15) is 37.0 Å². The highest BCUT2D eigenvalue weighted by Crippen LogP contribution is 2.17. The fourth-order valence-corrected chi connectivity index (χ4v) is 3.04. The molecule has 0 heterocycles. The van der Waals surface area contributed by atoms with E-state index in [9.17, 15) is 9.59 Å². The van der Waals surface area contributed by atoms with Gasteiger partial charge in [0.1, 0.15) is 12.8 Å². The van der Waals surface area contributed by atoms with Crippen molar-refractivity contribution < 1.29 is 19.5 Å². The van der Waals surface area contributed by atoms with E-state index in [0.717, 1.165) is 22.4 Å². The van der Waals surface area contributed by atoms with Crippen LogP contribution < -0.4 is 11.1 Å². The van der Waals surface area contributed by atoms with Gasteiger partial charge in [0.2, 0.25) is 0 Å². The molecule has 158 valence electrons. The van der Waals surface area contributed by atoms with Gasteiger partial charge in [0.25, 0.3) is 0 Å². The number of hydrogen-bond donors (Lipinski definition) is 3. The Hall–Kier alpha value is -3.61. The summed E-state index contributed by atoms with van der Waals surface area (Å²) in [6, 6.07) is 15.3. The van der Waals surface area contributed by atoms with Crippen molar-refractivity contribution in [3.05, 3.63) is 76.5 Å². The molecule has 2 rings (SSSR count). The fraction of sp³-hybridized carbons (Fsp3) is 0.261. The highest BCUT2D eigenvalue weighted by atomic mass is 16.6. The summed E-state index contributed by atoms with van der Waals surface area (Å²) in [6.07, 6.45) is 0.621. The third kappa shape index (κ3) is 6.48. The molecule has 0 aliphatic carbocycles. The van der Waals surface area contributed by atoms with Crippen molar-refractivity contribution in [2.45, 2.75) is 33.2 Å². The van der Waals surface area contributed by atoms with Gasteiger partial charge in [-0.3, -0.25) is 9.59 Å². The number of Topliss-reactive ketones (excluding diaryl/α,β-unsaturated/α-hetero) is 1. The molecule has 0 aliphatic heterocycles. The molecule has 4 N–H and O–H groups in total. The van der Waals surface area contributed by atoms with Crippen molar-refractivity contribution in [3.63, 3.8) is 0 Å². The summed E-state index contributed by atoms with van der Waals surface area (Å²) >= 11 is 0. The molecule has 7 heteroatoms. The van der Waals surface area contributed by atoms with Crippen LogP contribution in [0.25, 0.3) is 0 Å². The Morgan fingerprint density at radius 2 is 1.80 bits per heavy atom. The molecule has 0 bridgehead atoms. The summed E-state index contributed by atoms with van der Waals surface area (Å²) in [5.41, 5.74) is 10.6. The van der Waals surface area contributed by atoms with Gasteiger partial charge in [-0.15, -0.1) is 0 Å². The standard InChI is InChI=1S/C23H27N3O4/c1-15(24)22(16(2)27)23(26-30-3)19-6-4-5-18(13-19)14-25-20-10-7-17(8-11-20)9-12-21(28)29/h4-8,10-11,13,25H,9,12,14,24H2,1-3H3,(H,28,29)/b22-15?,26-23+. The minimum Gasteiger partial charge on any atom is -0.481 e. The molecule has 0 radical (unpaired) electrons. The molecule has 0 aliphatic rings. The maximum Gasteiger partial charge on any atom is 0.303 e. The van der Waals surface area contributed by atoms with Crippen LogP contribution in [-0.4, -0.2) is 29.7 Å². The maximum absolute atomic E-state index is 12.1. The van der Waals surface area contributed by atoms with E-state index in [1.165, 1.54) is 14.0 Å². The molecule has 0 spiro atoms. The number of nitrogens with one attached hydrogen (secondary N) is 1. The molecule has 2 aromatic rings. The minimum absolute atomic E-state index is 0.115. The topological polar surface area (TPSA) is 114 Å². The number of carbonyl (C=O) groups is 2. The minimum atomic E-state index is -0.805. The molecule has 7 nitrogen and oxygen atoms in total. The average Bonchev–Trinajstić information content (AvgIpc) is 2.71. The number of oxime groups is 1. The summed E-state index contributed by atoms with van der Waals surface area (Å²) in [5.74, 6) is -0.988. The molecule has 0 saturated heterocycles. The van der Waals surface area contributed by atoms with Crippen LogP contribution >= 0.6 is 0 Å². The summed E-state index contributed by atoms with van der Waals surface area (Å²) in [5, 5.41) is 16.1. The smallest absolute Gasteiger partial charge is 0.303 e. The number of aliphatic carboxylic acids is 1. The van der Waals surface area contributed by atoms with Crippen molar-refractivity contribution in [2.75, 3.05) is 12.4 Å². The number of anilines is 1. The molecule has 2 aromatic carbocycles. The fourth-order valence-electron chi connectivity index (χ4n) is 3.04. The summed E-state index contributed by atoms with van der Waals surface area (Å²) < 4.78 is 0. The largest absolute Gasteiger partial charge is 0.481 e. The van der Waals surface area contributed by atoms with Crippen LogP contribution in [0.2, 0.25) is 0 Å². The van der Waals surface area contributed by atoms with Gasteiger partial charge >= 0.3 is 5.97 Å².